The summed E-state index contributed by atoms with van der Waals surface area (Å²) in [6, 6.07) is 6.95. The molecule has 84 valence electrons. The summed E-state index contributed by atoms with van der Waals surface area (Å²) >= 11 is 5.80. The van der Waals surface area contributed by atoms with E-state index in [2.05, 4.69) is 9.98 Å². The Bertz CT molecular complexity index is 641. The SMILES string of the molecule is O=C1N=C(c2ccc(Cl)cc2)c2c1c[nH]c2O. The number of amides is 1. The van der Waals surface area contributed by atoms with Crippen LogP contribution in [0.5, 0.6) is 5.88 Å². The second kappa shape index (κ2) is 3.46. The molecule has 4 nitrogen and oxygen atoms in total. The van der Waals surface area contributed by atoms with Crippen molar-refractivity contribution in [1.82, 2.24) is 4.98 Å². The molecule has 1 aliphatic rings. The Morgan fingerprint density at radius 2 is 1.94 bits per heavy atom. The average Bonchev–Trinajstić information content (AvgIpc) is 2.83. The summed E-state index contributed by atoms with van der Waals surface area (Å²) in [5, 5.41) is 10.3. The summed E-state index contributed by atoms with van der Waals surface area (Å²) < 4.78 is 0. The van der Waals surface area contributed by atoms with Crippen LogP contribution < -0.4 is 0 Å². The van der Waals surface area contributed by atoms with E-state index in [4.69, 9.17) is 11.6 Å². The molecule has 3 rings (SSSR count). The minimum Gasteiger partial charge on any atom is -0.494 e. The number of rotatable bonds is 1. The quantitative estimate of drug-likeness (QED) is 0.811. The van der Waals surface area contributed by atoms with Gasteiger partial charge in [0.15, 0.2) is 5.88 Å². The first-order valence-electron chi connectivity index (χ1n) is 4.96. The van der Waals surface area contributed by atoms with Crippen LogP contribution in [-0.4, -0.2) is 21.7 Å². The molecule has 0 fully saturated rings. The topological polar surface area (TPSA) is 65.5 Å². The summed E-state index contributed by atoms with van der Waals surface area (Å²) in [6.07, 6.45) is 1.46. The van der Waals surface area contributed by atoms with Crippen LogP contribution in [0.3, 0.4) is 0 Å². The summed E-state index contributed by atoms with van der Waals surface area (Å²) in [7, 11) is 0. The van der Waals surface area contributed by atoms with E-state index in [0.717, 1.165) is 5.56 Å². The van der Waals surface area contributed by atoms with Crippen molar-refractivity contribution in [3.8, 4) is 5.88 Å². The number of aromatic amines is 1. The molecule has 0 aliphatic carbocycles. The highest BCUT2D eigenvalue weighted by molar-refractivity contribution is 6.31. The van der Waals surface area contributed by atoms with Crippen molar-refractivity contribution in [2.24, 2.45) is 4.99 Å². The van der Waals surface area contributed by atoms with Crippen LogP contribution in [0.4, 0.5) is 0 Å². The van der Waals surface area contributed by atoms with E-state index in [1.165, 1.54) is 6.20 Å². The first-order valence-corrected chi connectivity index (χ1v) is 5.34. The van der Waals surface area contributed by atoms with Crippen LogP contribution >= 0.6 is 11.6 Å². The maximum absolute atomic E-state index is 11.6. The monoisotopic (exact) mass is 246 g/mol. The molecular formula is C12H7ClN2O2. The van der Waals surface area contributed by atoms with Gasteiger partial charge in [0.1, 0.15) is 0 Å². The highest BCUT2D eigenvalue weighted by Gasteiger charge is 2.28. The smallest absolute Gasteiger partial charge is 0.279 e. The number of H-pyrrole nitrogens is 1. The average molecular weight is 247 g/mol. The molecule has 1 amide bonds. The molecule has 2 N–H and O–H groups in total. The van der Waals surface area contributed by atoms with E-state index < -0.39 is 0 Å². The summed E-state index contributed by atoms with van der Waals surface area (Å²) in [6.45, 7) is 0. The van der Waals surface area contributed by atoms with Crippen molar-refractivity contribution in [3.63, 3.8) is 0 Å². The second-order valence-electron chi connectivity index (χ2n) is 3.70. The second-order valence-corrected chi connectivity index (χ2v) is 4.13. The highest BCUT2D eigenvalue weighted by Crippen LogP contribution is 2.30. The molecule has 1 aromatic carbocycles. The lowest BCUT2D eigenvalue weighted by molar-refractivity contribution is 0.101. The molecule has 17 heavy (non-hydrogen) atoms. The van der Waals surface area contributed by atoms with Gasteiger partial charge in [-0.15, -0.1) is 0 Å². The third kappa shape index (κ3) is 1.45. The molecule has 2 aromatic rings. The maximum atomic E-state index is 11.6. The third-order valence-corrected chi connectivity index (χ3v) is 2.91. The van der Waals surface area contributed by atoms with E-state index in [-0.39, 0.29) is 11.8 Å². The molecule has 0 unspecified atom stereocenters. The maximum Gasteiger partial charge on any atom is 0.279 e. The fourth-order valence-electron chi connectivity index (χ4n) is 1.86. The van der Waals surface area contributed by atoms with E-state index in [0.29, 0.717) is 21.9 Å². The highest BCUT2D eigenvalue weighted by atomic mass is 35.5. The Kier molecular flexibility index (Phi) is 2.06. The van der Waals surface area contributed by atoms with Crippen LogP contribution in [0.15, 0.2) is 35.5 Å². The van der Waals surface area contributed by atoms with Crippen molar-refractivity contribution < 1.29 is 9.90 Å². The number of aromatic hydroxyl groups is 1. The number of halogens is 1. The number of carbonyl (C=O) groups is 1. The van der Waals surface area contributed by atoms with Gasteiger partial charge in [-0.1, -0.05) is 23.7 Å². The third-order valence-electron chi connectivity index (χ3n) is 2.66. The Labute approximate surface area is 102 Å². The van der Waals surface area contributed by atoms with Crippen molar-refractivity contribution >= 4 is 23.2 Å². The number of hydrogen-bond acceptors (Lipinski definition) is 2. The molecule has 0 radical (unpaired) electrons. The van der Waals surface area contributed by atoms with Gasteiger partial charge < -0.3 is 10.1 Å². The molecule has 2 heterocycles. The Hall–Kier alpha value is -2.07. The minimum atomic E-state index is -0.346. The van der Waals surface area contributed by atoms with Gasteiger partial charge in [0.05, 0.1) is 16.8 Å². The van der Waals surface area contributed by atoms with Crippen molar-refractivity contribution in [1.29, 1.82) is 0 Å². The number of carbonyl (C=O) groups excluding carboxylic acids is 1. The molecule has 5 heteroatoms. The number of benzene rings is 1. The van der Waals surface area contributed by atoms with E-state index in [1.54, 1.807) is 24.3 Å². The number of aliphatic imine (C=N–C) groups is 1. The van der Waals surface area contributed by atoms with Crippen LogP contribution in [0.2, 0.25) is 5.02 Å². The van der Waals surface area contributed by atoms with Crippen molar-refractivity contribution in [3.05, 3.63) is 52.2 Å². The Balaban J connectivity index is 2.17. The van der Waals surface area contributed by atoms with Crippen LogP contribution in [0, 0.1) is 0 Å². The largest absolute Gasteiger partial charge is 0.494 e. The molecule has 0 bridgehead atoms. The zero-order chi connectivity index (χ0) is 12.0. The lowest BCUT2D eigenvalue weighted by atomic mass is 10.0. The van der Waals surface area contributed by atoms with E-state index in [1.807, 2.05) is 0 Å². The molecule has 0 saturated heterocycles. The van der Waals surface area contributed by atoms with Crippen molar-refractivity contribution in [2.45, 2.75) is 0 Å². The van der Waals surface area contributed by atoms with Gasteiger partial charge >= 0.3 is 0 Å². The normalized spacial score (nSPS) is 13.7. The number of nitrogens with one attached hydrogen (secondary N) is 1. The van der Waals surface area contributed by atoms with Gasteiger partial charge in [-0.2, -0.15) is 0 Å². The first kappa shape index (κ1) is 10.1. The molecule has 0 spiro atoms. The van der Waals surface area contributed by atoms with Gasteiger partial charge in [-0.05, 0) is 12.1 Å². The van der Waals surface area contributed by atoms with Gasteiger partial charge in [-0.25, -0.2) is 4.99 Å². The fraction of sp³-hybridized carbons (Fsp3) is 0. The standard InChI is InChI=1S/C12H7ClN2O2/c13-7-3-1-6(2-4-7)10-9-8(11(16)15-10)5-14-12(9)17/h1-5,14,17H. The molecule has 1 aliphatic heterocycles. The lowest BCUT2D eigenvalue weighted by Crippen LogP contribution is -1.99. The van der Waals surface area contributed by atoms with Gasteiger partial charge in [-0.3, -0.25) is 4.79 Å². The Morgan fingerprint density at radius 1 is 1.24 bits per heavy atom. The van der Waals surface area contributed by atoms with Gasteiger partial charge in [0, 0.05) is 16.8 Å². The molecular weight excluding hydrogens is 240 g/mol. The fourth-order valence-corrected chi connectivity index (χ4v) is 1.98. The number of nitrogens with zero attached hydrogens (tertiary/aromatic N) is 1. The van der Waals surface area contributed by atoms with Gasteiger partial charge in [0.25, 0.3) is 5.91 Å². The number of hydrogen-bond donors (Lipinski definition) is 2. The van der Waals surface area contributed by atoms with Crippen LogP contribution in [0.1, 0.15) is 21.5 Å². The van der Waals surface area contributed by atoms with E-state index in [9.17, 15) is 9.90 Å². The predicted octanol–water partition coefficient (Wildman–Crippen LogP) is 2.36. The Morgan fingerprint density at radius 3 is 2.65 bits per heavy atom. The molecule has 0 saturated carbocycles. The zero-order valence-corrected chi connectivity index (χ0v) is 9.32. The minimum absolute atomic E-state index is 0.0421. The summed E-state index contributed by atoms with van der Waals surface area (Å²) in [5.74, 6) is -0.388. The zero-order valence-electron chi connectivity index (χ0n) is 8.57. The predicted molar refractivity (Wildman–Crippen MR) is 63.9 cm³/mol. The molecule has 0 atom stereocenters. The summed E-state index contributed by atoms with van der Waals surface area (Å²) in [4.78, 5) is 18.1. The summed E-state index contributed by atoms with van der Waals surface area (Å²) in [5.41, 5.74) is 2.07. The first-order chi connectivity index (χ1) is 8.16. The number of aromatic nitrogens is 1. The van der Waals surface area contributed by atoms with E-state index >= 15 is 0 Å². The number of fused-ring (bicyclic) bond motifs is 1. The van der Waals surface area contributed by atoms with Gasteiger partial charge in [0.2, 0.25) is 0 Å². The lowest BCUT2D eigenvalue weighted by Gasteiger charge is -2.01. The van der Waals surface area contributed by atoms with Crippen molar-refractivity contribution in [2.75, 3.05) is 0 Å². The van der Waals surface area contributed by atoms with Crippen LogP contribution in [-0.2, 0) is 0 Å². The molecule has 1 aromatic heterocycles. The van der Waals surface area contributed by atoms with Crippen LogP contribution in [0.25, 0.3) is 0 Å².